The minimum absolute atomic E-state index is 0.383. The average Bonchev–Trinajstić information content (AvgIpc) is 2.16. The molecule has 0 bridgehead atoms. The Labute approximate surface area is 105 Å². The molecular weight excluding hydrogens is 308 g/mol. The first kappa shape index (κ1) is 13.6. The molecule has 0 spiro atoms. The van der Waals surface area contributed by atoms with Crippen molar-refractivity contribution in [3.05, 3.63) is 28.8 Å². The van der Waals surface area contributed by atoms with Crippen molar-refractivity contribution in [2.24, 2.45) is 0 Å². The Bertz CT molecular complexity index is 354. The highest BCUT2D eigenvalue weighted by molar-refractivity contribution is 9.08. The van der Waals surface area contributed by atoms with Gasteiger partial charge in [-0.25, -0.2) is 0 Å². The van der Waals surface area contributed by atoms with Crippen LogP contribution in [-0.2, 0) is 5.33 Å². The quantitative estimate of drug-likeness (QED) is 0.739. The number of rotatable bonds is 4. The Morgan fingerprint density at radius 1 is 1.31 bits per heavy atom. The van der Waals surface area contributed by atoms with E-state index in [1.54, 1.807) is 18.2 Å². The molecule has 90 valence electrons. The van der Waals surface area contributed by atoms with Gasteiger partial charge in [0.1, 0.15) is 5.75 Å². The molecule has 0 saturated heterocycles. The Morgan fingerprint density at radius 3 is 2.56 bits per heavy atom. The van der Waals surface area contributed by atoms with Crippen molar-refractivity contribution >= 4 is 27.5 Å². The summed E-state index contributed by atoms with van der Waals surface area (Å²) in [7, 11) is 0. The Morgan fingerprint density at radius 2 is 2.00 bits per heavy atom. The zero-order valence-electron chi connectivity index (χ0n) is 8.15. The van der Waals surface area contributed by atoms with Gasteiger partial charge in [-0.2, -0.15) is 13.2 Å². The van der Waals surface area contributed by atoms with Gasteiger partial charge >= 0.3 is 6.18 Å². The smallest absolute Gasteiger partial charge is 0.392 e. The second kappa shape index (κ2) is 5.77. The fourth-order valence-corrected chi connectivity index (χ4v) is 2.05. The van der Waals surface area contributed by atoms with Crippen molar-refractivity contribution in [3.63, 3.8) is 0 Å². The van der Waals surface area contributed by atoms with Crippen molar-refractivity contribution in [3.8, 4) is 5.75 Å². The second-order valence-corrected chi connectivity index (χ2v) is 4.03. The zero-order chi connectivity index (χ0) is 12.2. The van der Waals surface area contributed by atoms with E-state index in [1.807, 2.05) is 0 Å². The van der Waals surface area contributed by atoms with E-state index in [1.165, 1.54) is 0 Å². The predicted octanol–water partition coefficient (Wildman–Crippen LogP) is 4.57. The standard InChI is InChI=1S/C10H9BrClF3O/c11-6-7-8(12)2-1-3-9(7)16-5-4-10(13,14)15/h1-3H,4-6H2. The highest BCUT2D eigenvalue weighted by Crippen LogP contribution is 2.29. The van der Waals surface area contributed by atoms with Crippen LogP contribution in [0.2, 0.25) is 5.02 Å². The zero-order valence-corrected chi connectivity index (χ0v) is 10.5. The Hall–Kier alpha value is -0.420. The number of halogens is 5. The van der Waals surface area contributed by atoms with Crippen molar-refractivity contribution in [1.29, 1.82) is 0 Å². The molecule has 0 saturated carbocycles. The number of hydrogen-bond donors (Lipinski definition) is 0. The molecule has 0 fully saturated rings. The third-order valence-electron chi connectivity index (χ3n) is 1.85. The lowest BCUT2D eigenvalue weighted by Gasteiger charge is -2.12. The minimum Gasteiger partial charge on any atom is -0.493 e. The lowest BCUT2D eigenvalue weighted by atomic mass is 10.2. The summed E-state index contributed by atoms with van der Waals surface area (Å²) >= 11 is 9.07. The van der Waals surface area contributed by atoms with Crippen LogP contribution in [0.15, 0.2) is 18.2 Å². The monoisotopic (exact) mass is 316 g/mol. The van der Waals surface area contributed by atoms with Crippen molar-refractivity contribution in [1.82, 2.24) is 0 Å². The Balaban J connectivity index is 2.64. The summed E-state index contributed by atoms with van der Waals surface area (Å²) in [6, 6.07) is 4.89. The predicted molar refractivity (Wildman–Crippen MR) is 60.3 cm³/mol. The van der Waals surface area contributed by atoms with Crippen LogP contribution in [0.1, 0.15) is 12.0 Å². The lowest BCUT2D eigenvalue weighted by molar-refractivity contribution is -0.139. The lowest BCUT2D eigenvalue weighted by Crippen LogP contribution is -2.13. The average molecular weight is 318 g/mol. The highest BCUT2D eigenvalue weighted by Gasteiger charge is 2.27. The van der Waals surface area contributed by atoms with E-state index in [2.05, 4.69) is 15.9 Å². The first-order valence-electron chi connectivity index (χ1n) is 4.47. The molecule has 1 aromatic rings. The van der Waals surface area contributed by atoms with Crippen molar-refractivity contribution in [2.45, 2.75) is 17.9 Å². The maximum atomic E-state index is 11.9. The molecular formula is C10H9BrClF3O. The van der Waals surface area contributed by atoms with Crippen LogP contribution in [0.3, 0.4) is 0 Å². The van der Waals surface area contributed by atoms with E-state index in [0.717, 1.165) is 0 Å². The van der Waals surface area contributed by atoms with Gasteiger partial charge in [0.15, 0.2) is 0 Å². The summed E-state index contributed by atoms with van der Waals surface area (Å²) in [6.07, 6.45) is -5.17. The molecule has 0 aliphatic rings. The van der Waals surface area contributed by atoms with Crippen LogP contribution in [-0.4, -0.2) is 12.8 Å². The van der Waals surface area contributed by atoms with Gasteiger partial charge in [0.2, 0.25) is 0 Å². The van der Waals surface area contributed by atoms with Crippen LogP contribution in [0.25, 0.3) is 0 Å². The van der Waals surface area contributed by atoms with Gasteiger partial charge in [-0.05, 0) is 12.1 Å². The molecule has 0 aromatic heterocycles. The van der Waals surface area contributed by atoms with Gasteiger partial charge < -0.3 is 4.74 Å². The summed E-state index contributed by atoms with van der Waals surface area (Å²) in [5, 5.41) is 0.912. The largest absolute Gasteiger partial charge is 0.493 e. The van der Waals surface area contributed by atoms with E-state index in [9.17, 15) is 13.2 Å². The molecule has 0 unspecified atom stereocenters. The first-order valence-corrected chi connectivity index (χ1v) is 5.97. The molecule has 0 atom stereocenters. The maximum Gasteiger partial charge on any atom is 0.392 e. The highest BCUT2D eigenvalue weighted by atomic mass is 79.9. The molecule has 6 heteroatoms. The maximum absolute atomic E-state index is 11.9. The molecule has 0 aliphatic carbocycles. The van der Waals surface area contributed by atoms with Crippen molar-refractivity contribution in [2.75, 3.05) is 6.61 Å². The SMILES string of the molecule is FC(F)(F)CCOc1cccc(Cl)c1CBr. The van der Waals surface area contributed by atoms with Crippen LogP contribution >= 0.6 is 27.5 Å². The van der Waals surface area contributed by atoms with Gasteiger partial charge in [-0.1, -0.05) is 33.6 Å². The molecule has 0 aliphatic heterocycles. The van der Waals surface area contributed by atoms with Crippen LogP contribution < -0.4 is 4.74 Å². The number of hydrogen-bond acceptors (Lipinski definition) is 1. The van der Waals surface area contributed by atoms with Crippen molar-refractivity contribution < 1.29 is 17.9 Å². The van der Waals surface area contributed by atoms with Gasteiger partial charge in [0.25, 0.3) is 0 Å². The van der Waals surface area contributed by atoms with Gasteiger partial charge in [0, 0.05) is 15.9 Å². The third-order valence-corrected chi connectivity index (χ3v) is 2.77. The molecule has 0 amide bonds. The molecule has 0 radical (unpaired) electrons. The molecule has 16 heavy (non-hydrogen) atoms. The number of benzene rings is 1. The van der Waals surface area contributed by atoms with Crippen LogP contribution in [0, 0.1) is 0 Å². The van der Waals surface area contributed by atoms with Crippen LogP contribution in [0.5, 0.6) is 5.75 Å². The van der Waals surface area contributed by atoms with Gasteiger partial charge in [0.05, 0.1) is 13.0 Å². The normalized spacial score (nSPS) is 11.6. The summed E-state index contributed by atoms with van der Waals surface area (Å²) in [5.74, 6) is 0.383. The molecule has 0 heterocycles. The summed E-state index contributed by atoms with van der Waals surface area (Å²) < 4.78 is 40.8. The summed E-state index contributed by atoms with van der Waals surface area (Å²) in [4.78, 5) is 0. The first-order chi connectivity index (χ1) is 7.44. The van der Waals surface area contributed by atoms with E-state index in [-0.39, 0.29) is 0 Å². The molecule has 1 nitrogen and oxygen atoms in total. The number of ether oxygens (including phenoxy) is 1. The Kier molecular flexibility index (Phi) is 4.92. The fourth-order valence-electron chi connectivity index (χ4n) is 1.08. The topological polar surface area (TPSA) is 9.23 Å². The van der Waals surface area contributed by atoms with Gasteiger partial charge in [-0.15, -0.1) is 0 Å². The summed E-state index contributed by atoms with van der Waals surface area (Å²) in [5.41, 5.74) is 0.659. The van der Waals surface area contributed by atoms with Crippen LogP contribution in [0.4, 0.5) is 13.2 Å². The molecule has 0 N–H and O–H groups in total. The van der Waals surface area contributed by atoms with E-state index < -0.39 is 19.2 Å². The van der Waals surface area contributed by atoms with E-state index >= 15 is 0 Å². The summed E-state index contributed by atoms with van der Waals surface area (Å²) in [6.45, 7) is -0.399. The fraction of sp³-hybridized carbons (Fsp3) is 0.400. The molecule has 1 rings (SSSR count). The number of alkyl halides is 4. The third kappa shape index (κ3) is 4.22. The molecule has 1 aromatic carbocycles. The minimum atomic E-state index is -4.20. The van der Waals surface area contributed by atoms with E-state index in [4.69, 9.17) is 16.3 Å². The van der Waals surface area contributed by atoms with E-state index in [0.29, 0.717) is 21.7 Å². The van der Waals surface area contributed by atoms with Gasteiger partial charge in [-0.3, -0.25) is 0 Å². The second-order valence-electron chi connectivity index (χ2n) is 3.06.